The van der Waals surface area contributed by atoms with Gasteiger partial charge in [-0.2, -0.15) is 0 Å². The molecule has 0 spiro atoms. The van der Waals surface area contributed by atoms with E-state index in [0.717, 1.165) is 12.0 Å². The molecule has 5 heteroatoms. The van der Waals surface area contributed by atoms with Gasteiger partial charge in [0.2, 0.25) is 0 Å². The minimum Gasteiger partial charge on any atom is -0.491 e. The highest BCUT2D eigenvalue weighted by Gasteiger charge is 2.09. The van der Waals surface area contributed by atoms with Gasteiger partial charge < -0.3 is 15.2 Å². The number of benzene rings is 1. The fourth-order valence-electron chi connectivity index (χ4n) is 1.73. The Morgan fingerprint density at radius 1 is 1.25 bits per heavy atom. The molecule has 1 heterocycles. The van der Waals surface area contributed by atoms with Gasteiger partial charge in [0.25, 0.3) is 0 Å². The van der Waals surface area contributed by atoms with Gasteiger partial charge in [0, 0.05) is 18.8 Å². The predicted octanol–water partition coefficient (Wildman–Crippen LogP) is 2.07. The average Bonchev–Trinajstić information content (AvgIpc) is 2.49. The lowest BCUT2D eigenvalue weighted by molar-refractivity contribution is 0.0600. The minimum absolute atomic E-state index is 0.413. The topological polar surface area (TPSA) is 74.4 Å². The third kappa shape index (κ3) is 3.47. The van der Waals surface area contributed by atoms with Crippen LogP contribution < -0.4 is 10.5 Å². The number of anilines is 1. The fraction of sp³-hybridized carbons (Fsp3) is 0.200. The molecule has 0 aliphatic carbocycles. The van der Waals surface area contributed by atoms with Crippen LogP contribution in [0.5, 0.6) is 5.75 Å². The smallest absolute Gasteiger partial charge is 0.337 e. The molecule has 5 nitrogen and oxygen atoms in total. The zero-order valence-corrected chi connectivity index (χ0v) is 11.2. The van der Waals surface area contributed by atoms with Crippen molar-refractivity contribution in [2.24, 2.45) is 0 Å². The number of methoxy groups -OCH3 is 1. The predicted molar refractivity (Wildman–Crippen MR) is 75.6 cm³/mol. The molecule has 2 N–H and O–H groups in total. The molecule has 2 rings (SSSR count). The number of hydrogen-bond acceptors (Lipinski definition) is 5. The highest BCUT2D eigenvalue weighted by atomic mass is 16.5. The first-order chi connectivity index (χ1) is 9.70. The second kappa shape index (κ2) is 6.56. The lowest BCUT2D eigenvalue weighted by atomic mass is 10.2. The van der Waals surface area contributed by atoms with Crippen LogP contribution in [0.25, 0.3) is 0 Å². The van der Waals surface area contributed by atoms with Gasteiger partial charge in [0.15, 0.2) is 0 Å². The molecule has 2 aromatic rings. The number of aromatic nitrogens is 1. The Balaban J connectivity index is 2.00. The molecule has 0 amide bonds. The summed E-state index contributed by atoms with van der Waals surface area (Å²) in [6.07, 6.45) is 4.22. The Morgan fingerprint density at radius 2 is 2.00 bits per heavy atom. The normalized spacial score (nSPS) is 10.1. The van der Waals surface area contributed by atoms with Crippen molar-refractivity contribution in [1.82, 2.24) is 4.98 Å². The van der Waals surface area contributed by atoms with Crippen LogP contribution in [0, 0.1) is 0 Å². The van der Waals surface area contributed by atoms with Crippen molar-refractivity contribution in [1.29, 1.82) is 0 Å². The molecule has 0 fully saturated rings. The first kappa shape index (κ1) is 13.9. The summed E-state index contributed by atoms with van der Waals surface area (Å²) >= 11 is 0. The van der Waals surface area contributed by atoms with Crippen molar-refractivity contribution in [3.63, 3.8) is 0 Å². The van der Waals surface area contributed by atoms with E-state index in [-0.39, 0.29) is 0 Å². The maximum Gasteiger partial charge on any atom is 0.337 e. The van der Waals surface area contributed by atoms with Crippen LogP contribution >= 0.6 is 0 Å². The molecule has 0 atom stereocenters. The van der Waals surface area contributed by atoms with Crippen LogP contribution in [-0.4, -0.2) is 24.7 Å². The molecule has 1 aromatic heterocycles. The standard InChI is InChI=1S/C15H16N2O3/c1-19-15(18)12-2-3-13(16)14(10-12)20-9-6-11-4-7-17-8-5-11/h2-5,7-8,10H,6,9,16H2,1H3. The Kier molecular flexibility index (Phi) is 4.55. The van der Waals surface area contributed by atoms with Crippen LogP contribution in [0.4, 0.5) is 5.69 Å². The number of carbonyl (C=O) groups excluding carboxylic acids is 1. The number of ether oxygens (including phenoxy) is 2. The number of carbonyl (C=O) groups is 1. The van der Waals surface area contributed by atoms with Crippen molar-refractivity contribution >= 4 is 11.7 Å². The quantitative estimate of drug-likeness (QED) is 0.666. The van der Waals surface area contributed by atoms with E-state index in [4.69, 9.17) is 10.5 Å². The summed E-state index contributed by atoms with van der Waals surface area (Å²) in [7, 11) is 1.34. The zero-order valence-electron chi connectivity index (χ0n) is 11.2. The molecule has 104 valence electrons. The van der Waals surface area contributed by atoms with E-state index < -0.39 is 5.97 Å². The van der Waals surface area contributed by atoms with Crippen LogP contribution in [-0.2, 0) is 11.2 Å². The van der Waals surface area contributed by atoms with Gasteiger partial charge in [0.1, 0.15) is 5.75 Å². The van der Waals surface area contributed by atoms with Crippen LogP contribution in [0.1, 0.15) is 15.9 Å². The van der Waals surface area contributed by atoms with Gasteiger partial charge in [-0.1, -0.05) is 0 Å². The molecule has 0 saturated heterocycles. The van der Waals surface area contributed by atoms with Gasteiger partial charge in [-0.15, -0.1) is 0 Å². The third-order valence-corrected chi connectivity index (χ3v) is 2.83. The number of esters is 1. The number of hydrogen-bond donors (Lipinski definition) is 1. The summed E-state index contributed by atoms with van der Waals surface area (Å²) in [5.41, 5.74) is 7.86. The Morgan fingerprint density at radius 3 is 2.70 bits per heavy atom. The van der Waals surface area contributed by atoms with E-state index in [0.29, 0.717) is 23.6 Å². The number of nitrogens with zero attached hydrogens (tertiary/aromatic N) is 1. The van der Waals surface area contributed by atoms with Crippen molar-refractivity contribution in [2.75, 3.05) is 19.5 Å². The van der Waals surface area contributed by atoms with Crippen molar-refractivity contribution in [2.45, 2.75) is 6.42 Å². The summed E-state index contributed by atoms with van der Waals surface area (Å²) < 4.78 is 10.3. The second-order valence-corrected chi connectivity index (χ2v) is 4.20. The molecule has 0 bridgehead atoms. The summed E-state index contributed by atoms with van der Waals surface area (Å²) in [6, 6.07) is 8.69. The molecule has 1 aromatic carbocycles. The number of pyridine rings is 1. The van der Waals surface area contributed by atoms with E-state index in [9.17, 15) is 4.79 Å². The van der Waals surface area contributed by atoms with E-state index in [2.05, 4.69) is 9.72 Å². The summed E-state index contributed by atoms with van der Waals surface area (Å²) in [5.74, 6) is 0.0749. The maximum atomic E-state index is 11.4. The van der Waals surface area contributed by atoms with Crippen molar-refractivity contribution in [3.8, 4) is 5.75 Å². The van der Waals surface area contributed by atoms with Gasteiger partial charge in [-0.3, -0.25) is 4.98 Å². The van der Waals surface area contributed by atoms with Gasteiger partial charge in [0.05, 0.1) is 25.0 Å². The monoisotopic (exact) mass is 272 g/mol. The number of rotatable bonds is 5. The van der Waals surface area contributed by atoms with Gasteiger partial charge >= 0.3 is 5.97 Å². The minimum atomic E-state index is -0.413. The highest BCUT2D eigenvalue weighted by Crippen LogP contribution is 2.23. The van der Waals surface area contributed by atoms with Crippen molar-refractivity contribution < 1.29 is 14.3 Å². The molecule has 20 heavy (non-hydrogen) atoms. The van der Waals surface area contributed by atoms with E-state index in [1.54, 1.807) is 30.6 Å². The second-order valence-electron chi connectivity index (χ2n) is 4.20. The summed E-state index contributed by atoms with van der Waals surface area (Å²) in [6.45, 7) is 0.471. The van der Waals surface area contributed by atoms with Crippen LogP contribution in [0.15, 0.2) is 42.7 Å². The maximum absolute atomic E-state index is 11.4. The molecule has 0 radical (unpaired) electrons. The van der Waals surface area contributed by atoms with Crippen molar-refractivity contribution in [3.05, 3.63) is 53.9 Å². The zero-order chi connectivity index (χ0) is 14.4. The SMILES string of the molecule is COC(=O)c1ccc(N)c(OCCc2ccncc2)c1. The first-order valence-corrected chi connectivity index (χ1v) is 6.20. The summed E-state index contributed by atoms with van der Waals surface area (Å²) in [4.78, 5) is 15.4. The first-order valence-electron chi connectivity index (χ1n) is 6.20. The average molecular weight is 272 g/mol. The largest absolute Gasteiger partial charge is 0.491 e. The number of nitrogen functional groups attached to an aromatic ring is 1. The fourth-order valence-corrected chi connectivity index (χ4v) is 1.73. The Hall–Kier alpha value is -2.56. The number of nitrogens with two attached hydrogens (primary N) is 1. The molecule has 0 saturated carbocycles. The molecule has 0 aliphatic rings. The molecular formula is C15H16N2O3. The van der Waals surface area contributed by atoms with Gasteiger partial charge in [-0.25, -0.2) is 4.79 Å². The Labute approximate surface area is 117 Å². The lowest BCUT2D eigenvalue weighted by Crippen LogP contribution is -2.06. The third-order valence-electron chi connectivity index (χ3n) is 2.83. The van der Waals surface area contributed by atoms with Crippen LogP contribution in [0.2, 0.25) is 0 Å². The lowest BCUT2D eigenvalue weighted by Gasteiger charge is -2.10. The molecular weight excluding hydrogens is 256 g/mol. The highest BCUT2D eigenvalue weighted by molar-refractivity contribution is 5.90. The van der Waals surface area contributed by atoms with Crippen LogP contribution in [0.3, 0.4) is 0 Å². The van der Waals surface area contributed by atoms with E-state index in [1.165, 1.54) is 7.11 Å². The molecule has 0 unspecified atom stereocenters. The van der Waals surface area contributed by atoms with Gasteiger partial charge in [-0.05, 0) is 35.9 Å². The molecule has 0 aliphatic heterocycles. The van der Waals surface area contributed by atoms with E-state index in [1.807, 2.05) is 12.1 Å². The Bertz CT molecular complexity index is 585. The summed E-state index contributed by atoms with van der Waals surface area (Å²) in [5, 5.41) is 0. The van der Waals surface area contributed by atoms with E-state index >= 15 is 0 Å².